The lowest BCUT2D eigenvalue weighted by molar-refractivity contribution is 0.254. The largest absolute Gasteiger partial charge is 0.351 e. The number of amides is 2. The van der Waals surface area contributed by atoms with Crippen molar-refractivity contribution in [2.45, 2.75) is 0 Å². The molecule has 2 amide bonds. The summed E-state index contributed by atoms with van der Waals surface area (Å²) in [5.74, 6) is 0.810. The number of rotatable bonds is 3. The van der Waals surface area contributed by atoms with E-state index in [9.17, 15) is 4.79 Å². The summed E-state index contributed by atoms with van der Waals surface area (Å²) in [6, 6.07) is 4.68. The predicted molar refractivity (Wildman–Crippen MR) is 59.6 cm³/mol. The van der Waals surface area contributed by atoms with E-state index in [4.69, 9.17) is 17.3 Å². The van der Waals surface area contributed by atoms with Gasteiger partial charge in [0.1, 0.15) is 10.4 Å². The van der Waals surface area contributed by atoms with Gasteiger partial charge in [-0.05, 0) is 28.1 Å². The Morgan fingerprint density at radius 1 is 1.64 bits per heavy atom. The van der Waals surface area contributed by atoms with Gasteiger partial charge in [-0.3, -0.25) is 4.90 Å². The molecule has 0 radical (unpaired) electrons. The van der Waals surface area contributed by atoms with Gasteiger partial charge in [-0.25, -0.2) is 9.78 Å². The van der Waals surface area contributed by atoms with E-state index < -0.39 is 6.03 Å². The van der Waals surface area contributed by atoms with Crippen LogP contribution in [-0.4, -0.2) is 23.4 Å². The van der Waals surface area contributed by atoms with Crippen LogP contribution in [0, 0.1) is 0 Å². The maximum atomic E-state index is 11.0. The van der Waals surface area contributed by atoms with Gasteiger partial charge in [0.25, 0.3) is 0 Å². The van der Waals surface area contributed by atoms with Crippen molar-refractivity contribution in [3.05, 3.63) is 22.8 Å². The normalized spacial score (nSPS) is 9.86. The zero-order valence-corrected chi connectivity index (χ0v) is 9.62. The molecule has 1 aromatic rings. The second-order valence-corrected chi connectivity index (χ2v) is 3.69. The van der Waals surface area contributed by atoms with Crippen LogP contribution in [0.25, 0.3) is 0 Å². The summed E-state index contributed by atoms with van der Waals surface area (Å²) in [6.07, 6.45) is 0. The number of hydrogen-bond acceptors (Lipinski definition) is 2. The molecule has 6 heteroatoms. The summed E-state index contributed by atoms with van der Waals surface area (Å²) in [5, 5.41) is 0. The second-order valence-electron chi connectivity index (χ2n) is 2.50. The molecule has 0 fully saturated rings. The van der Waals surface area contributed by atoms with E-state index in [1.54, 1.807) is 18.2 Å². The average molecular weight is 279 g/mol. The fourth-order valence-corrected chi connectivity index (χ4v) is 1.47. The predicted octanol–water partition coefficient (Wildman–Crippen LogP) is 1.97. The molecule has 1 heterocycles. The SMILES string of the molecule is NC(=O)N(CCCl)c1cccc(Br)n1. The fraction of sp³-hybridized carbons (Fsp3) is 0.250. The van der Waals surface area contributed by atoms with Gasteiger partial charge in [0.2, 0.25) is 0 Å². The Labute approximate surface area is 95.2 Å². The highest BCUT2D eigenvalue weighted by Gasteiger charge is 2.12. The average Bonchev–Trinajstić information content (AvgIpc) is 2.13. The summed E-state index contributed by atoms with van der Waals surface area (Å²) in [4.78, 5) is 16.4. The smallest absolute Gasteiger partial charge is 0.320 e. The van der Waals surface area contributed by atoms with E-state index in [0.29, 0.717) is 22.8 Å². The third-order valence-electron chi connectivity index (χ3n) is 1.55. The molecule has 0 aromatic carbocycles. The van der Waals surface area contributed by atoms with Crippen LogP contribution < -0.4 is 10.6 Å². The van der Waals surface area contributed by atoms with Crippen molar-refractivity contribution in [3.8, 4) is 0 Å². The second kappa shape index (κ2) is 5.17. The van der Waals surface area contributed by atoms with Gasteiger partial charge < -0.3 is 5.73 Å². The third kappa shape index (κ3) is 2.85. The minimum Gasteiger partial charge on any atom is -0.351 e. The van der Waals surface area contributed by atoms with Gasteiger partial charge in [-0.2, -0.15) is 0 Å². The molecule has 0 aliphatic rings. The van der Waals surface area contributed by atoms with E-state index in [0.717, 1.165) is 0 Å². The molecule has 0 atom stereocenters. The minimum atomic E-state index is -0.559. The van der Waals surface area contributed by atoms with Crippen molar-refractivity contribution in [1.82, 2.24) is 4.98 Å². The molecule has 0 bridgehead atoms. The zero-order valence-electron chi connectivity index (χ0n) is 7.28. The zero-order chi connectivity index (χ0) is 10.6. The highest BCUT2D eigenvalue weighted by Crippen LogP contribution is 2.14. The van der Waals surface area contributed by atoms with Gasteiger partial charge in [0.15, 0.2) is 0 Å². The van der Waals surface area contributed by atoms with Crippen molar-refractivity contribution >= 4 is 39.4 Å². The fourth-order valence-electron chi connectivity index (χ4n) is 0.970. The van der Waals surface area contributed by atoms with Crippen LogP contribution in [0.2, 0.25) is 0 Å². The quantitative estimate of drug-likeness (QED) is 0.679. The number of nitrogens with zero attached hydrogens (tertiary/aromatic N) is 2. The first-order chi connectivity index (χ1) is 6.65. The summed E-state index contributed by atoms with van der Waals surface area (Å²) in [6.45, 7) is 0.348. The number of urea groups is 1. The molecule has 14 heavy (non-hydrogen) atoms. The molecule has 0 aliphatic carbocycles. The summed E-state index contributed by atoms with van der Waals surface area (Å²) in [7, 11) is 0. The van der Waals surface area contributed by atoms with Gasteiger partial charge in [0.05, 0.1) is 0 Å². The number of primary amides is 1. The number of carbonyl (C=O) groups excluding carboxylic acids is 1. The standard InChI is InChI=1S/C8H9BrClN3O/c9-6-2-1-3-7(12-6)13(5-4-10)8(11)14/h1-3H,4-5H2,(H2,11,14). The topological polar surface area (TPSA) is 59.2 Å². The van der Waals surface area contributed by atoms with Gasteiger partial charge >= 0.3 is 6.03 Å². The molecule has 0 unspecified atom stereocenters. The number of aromatic nitrogens is 1. The molecule has 2 N–H and O–H groups in total. The van der Waals surface area contributed by atoms with Gasteiger partial charge in [-0.1, -0.05) is 6.07 Å². The molecule has 1 aromatic heterocycles. The van der Waals surface area contributed by atoms with Crippen LogP contribution in [0.4, 0.5) is 10.6 Å². The minimum absolute atomic E-state index is 0.317. The lowest BCUT2D eigenvalue weighted by Gasteiger charge is -2.17. The van der Waals surface area contributed by atoms with Crippen LogP contribution in [0.15, 0.2) is 22.8 Å². The number of nitrogens with two attached hydrogens (primary N) is 1. The third-order valence-corrected chi connectivity index (χ3v) is 2.16. The van der Waals surface area contributed by atoms with Crippen LogP contribution in [-0.2, 0) is 0 Å². The molecule has 0 aliphatic heterocycles. The molecule has 0 spiro atoms. The lowest BCUT2D eigenvalue weighted by atomic mass is 10.4. The van der Waals surface area contributed by atoms with Crippen LogP contribution in [0.5, 0.6) is 0 Å². The van der Waals surface area contributed by atoms with E-state index in [1.165, 1.54) is 4.90 Å². The number of pyridine rings is 1. The Bertz CT molecular complexity index is 334. The molecule has 76 valence electrons. The van der Waals surface area contributed by atoms with E-state index in [2.05, 4.69) is 20.9 Å². The maximum absolute atomic E-state index is 11.0. The molecular weight excluding hydrogens is 269 g/mol. The van der Waals surface area contributed by atoms with Crippen molar-refractivity contribution in [2.75, 3.05) is 17.3 Å². The van der Waals surface area contributed by atoms with E-state index in [-0.39, 0.29) is 0 Å². The monoisotopic (exact) mass is 277 g/mol. The number of anilines is 1. The van der Waals surface area contributed by atoms with Crippen LogP contribution in [0.3, 0.4) is 0 Å². The Hall–Kier alpha value is -0.810. The number of halogens is 2. The number of alkyl halides is 1. The van der Waals surface area contributed by atoms with Gasteiger partial charge in [-0.15, -0.1) is 11.6 Å². The van der Waals surface area contributed by atoms with Crippen LogP contribution >= 0.6 is 27.5 Å². The Kier molecular flexibility index (Phi) is 4.16. The Morgan fingerprint density at radius 3 is 2.86 bits per heavy atom. The molecule has 0 saturated heterocycles. The first kappa shape index (κ1) is 11.3. The van der Waals surface area contributed by atoms with Crippen LogP contribution in [0.1, 0.15) is 0 Å². The van der Waals surface area contributed by atoms with E-state index >= 15 is 0 Å². The number of hydrogen-bond donors (Lipinski definition) is 1. The first-order valence-corrected chi connectivity index (χ1v) is 5.23. The summed E-state index contributed by atoms with van der Waals surface area (Å²) >= 11 is 8.75. The van der Waals surface area contributed by atoms with Crippen molar-refractivity contribution in [3.63, 3.8) is 0 Å². The Morgan fingerprint density at radius 2 is 2.36 bits per heavy atom. The maximum Gasteiger partial charge on any atom is 0.320 e. The molecule has 0 saturated carbocycles. The Balaban J connectivity index is 2.93. The lowest BCUT2D eigenvalue weighted by Crippen LogP contribution is -2.37. The summed E-state index contributed by atoms with van der Waals surface area (Å²) in [5.41, 5.74) is 5.18. The molecule has 1 rings (SSSR count). The first-order valence-electron chi connectivity index (χ1n) is 3.90. The highest BCUT2D eigenvalue weighted by atomic mass is 79.9. The van der Waals surface area contributed by atoms with Crippen molar-refractivity contribution < 1.29 is 4.79 Å². The van der Waals surface area contributed by atoms with E-state index in [1.807, 2.05) is 0 Å². The van der Waals surface area contributed by atoms with Crippen molar-refractivity contribution in [1.29, 1.82) is 0 Å². The highest BCUT2D eigenvalue weighted by molar-refractivity contribution is 9.10. The molecular formula is C8H9BrClN3O. The summed E-state index contributed by atoms with van der Waals surface area (Å²) < 4.78 is 0.649. The van der Waals surface area contributed by atoms with Gasteiger partial charge in [0, 0.05) is 12.4 Å². The van der Waals surface area contributed by atoms with Crippen molar-refractivity contribution in [2.24, 2.45) is 5.73 Å². The number of carbonyl (C=O) groups is 1. The molecule has 4 nitrogen and oxygen atoms in total.